The largest absolute Gasteiger partial charge is 0.494 e. The van der Waals surface area contributed by atoms with Crippen molar-refractivity contribution in [2.24, 2.45) is 11.1 Å². The maximum absolute atomic E-state index is 12.1. The van der Waals surface area contributed by atoms with Gasteiger partial charge in [0.2, 0.25) is 5.91 Å². The summed E-state index contributed by atoms with van der Waals surface area (Å²) >= 11 is 0. The number of amides is 1. The quantitative estimate of drug-likeness (QED) is 0.804. The van der Waals surface area contributed by atoms with E-state index in [1.807, 2.05) is 24.3 Å². The second kappa shape index (κ2) is 6.75. The molecule has 4 nitrogen and oxygen atoms in total. The molecule has 0 spiro atoms. The Labute approximate surface area is 120 Å². The van der Waals surface area contributed by atoms with Crippen LogP contribution in [-0.2, 0) is 4.79 Å². The van der Waals surface area contributed by atoms with Crippen LogP contribution in [0, 0.1) is 5.41 Å². The maximum atomic E-state index is 12.1. The molecule has 1 amide bonds. The number of nitrogens with two attached hydrogens (primary N) is 1. The van der Waals surface area contributed by atoms with E-state index in [4.69, 9.17) is 10.5 Å². The standard InChI is InChI=1S/C16H24N2O2/c1-2-9-20-14-6-3-5-13(10-14)18-15(19)11-16(12-17)7-4-8-16/h3,5-6,10H,2,4,7-9,11-12,17H2,1H3,(H,18,19). The zero-order valence-corrected chi connectivity index (χ0v) is 12.2. The van der Waals surface area contributed by atoms with Gasteiger partial charge in [-0.3, -0.25) is 4.79 Å². The molecule has 1 aliphatic carbocycles. The molecular weight excluding hydrogens is 252 g/mol. The Morgan fingerprint density at radius 2 is 2.25 bits per heavy atom. The Balaban J connectivity index is 1.90. The van der Waals surface area contributed by atoms with Gasteiger partial charge < -0.3 is 15.8 Å². The molecule has 0 atom stereocenters. The predicted octanol–water partition coefficient (Wildman–Crippen LogP) is 2.93. The van der Waals surface area contributed by atoms with E-state index in [-0.39, 0.29) is 11.3 Å². The molecule has 1 fully saturated rings. The molecule has 0 unspecified atom stereocenters. The smallest absolute Gasteiger partial charge is 0.224 e. The van der Waals surface area contributed by atoms with Crippen molar-refractivity contribution < 1.29 is 9.53 Å². The van der Waals surface area contributed by atoms with Crippen molar-refractivity contribution in [1.82, 2.24) is 0 Å². The van der Waals surface area contributed by atoms with Crippen molar-refractivity contribution in [3.05, 3.63) is 24.3 Å². The lowest BCUT2D eigenvalue weighted by Crippen LogP contribution is -2.40. The zero-order chi connectivity index (χ0) is 14.4. The summed E-state index contributed by atoms with van der Waals surface area (Å²) in [6, 6.07) is 7.54. The minimum atomic E-state index is 0.0421. The normalized spacial score (nSPS) is 16.3. The van der Waals surface area contributed by atoms with Gasteiger partial charge in [0.15, 0.2) is 0 Å². The number of hydrogen-bond donors (Lipinski definition) is 2. The van der Waals surface area contributed by atoms with Crippen molar-refractivity contribution >= 4 is 11.6 Å². The van der Waals surface area contributed by atoms with Crippen molar-refractivity contribution in [3.63, 3.8) is 0 Å². The molecule has 0 radical (unpaired) electrons. The molecule has 0 aliphatic heterocycles. The maximum Gasteiger partial charge on any atom is 0.224 e. The Hall–Kier alpha value is -1.55. The van der Waals surface area contributed by atoms with Gasteiger partial charge in [-0.25, -0.2) is 0 Å². The fourth-order valence-electron chi connectivity index (χ4n) is 2.56. The van der Waals surface area contributed by atoms with E-state index in [9.17, 15) is 4.79 Å². The average molecular weight is 276 g/mol. The number of carbonyl (C=O) groups excluding carboxylic acids is 1. The number of ether oxygens (including phenoxy) is 1. The Morgan fingerprint density at radius 3 is 2.85 bits per heavy atom. The third-order valence-corrected chi connectivity index (χ3v) is 3.97. The van der Waals surface area contributed by atoms with Gasteiger partial charge in [-0.1, -0.05) is 19.4 Å². The number of nitrogens with one attached hydrogen (secondary N) is 1. The number of carbonyl (C=O) groups is 1. The highest BCUT2D eigenvalue weighted by atomic mass is 16.5. The zero-order valence-electron chi connectivity index (χ0n) is 12.2. The summed E-state index contributed by atoms with van der Waals surface area (Å²) in [6.07, 6.45) is 4.80. The molecule has 1 saturated carbocycles. The first-order valence-corrected chi connectivity index (χ1v) is 7.40. The molecule has 2 rings (SSSR count). The van der Waals surface area contributed by atoms with Gasteiger partial charge in [-0.05, 0) is 43.4 Å². The molecule has 1 aromatic carbocycles. The van der Waals surface area contributed by atoms with E-state index in [1.165, 1.54) is 6.42 Å². The lowest BCUT2D eigenvalue weighted by Gasteiger charge is -2.40. The highest BCUT2D eigenvalue weighted by Gasteiger charge is 2.37. The predicted molar refractivity (Wildman–Crippen MR) is 80.8 cm³/mol. The van der Waals surface area contributed by atoms with Crippen LogP contribution in [0.3, 0.4) is 0 Å². The van der Waals surface area contributed by atoms with Gasteiger partial charge in [-0.15, -0.1) is 0 Å². The third kappa shape index (κ3) is 3.73. The van der Waals surface area contributed by atoms with Crippen molar-refractivity contribution in [2.75, 3.05) is 18.5 Å². The SMILES string of the molecule is CCCOc1cccc(NC(=O)CC2(CN)CCC2)c1. The molecular formula is C16H24N2O2. The fraction of sp³-hybridized carbons (Fsp3) is 0.562. The van der Waals surface area contributed by atoms with Crippen LogP contribution in [0.1, 0.15) is 39.0 Å². The molecule has 3 N–H and O–H groups in total. The van der Waals surface area contributed by atoms with Gasteiger partial charge in [0.25, 0.3) is 0 Å². The first-order chi connectivity index (χ1) is 9.67. The van der Waals surface area contributed by atoms with E-state index in [0.717, 1.165) is 30.7 Å². The van der Waals surface area contributed by atoms with Crippen LogP contribution in [0.15, 0.2) is 24.3 Å². The second-order valence-electron chi connectivity index (χ2n) is 5.66. The van der Waals surface area contributed by atoms with E-state index >= 15 is 0 Å². The minimum absolute atomic E-state index is 0.0421. The summed E-state index contributed by atoms with van der Waals surface area (Å²) in [5.41, 5.74) is 6.62. The van der Waals surface area contributed by atoms with Crippen LogP contribution in [0.25, 0.3) is 0 Å². The van der Waals surface area contributed by atoms with Crippen LogP contribution in [0.4, 0.5) is 5.69 Å². The molecule has 1 aliphatic rings. The molecule has 0 aromatic heterocycles. The van der Waals surface area contributed by atoms with E-state index in [1.54, 1.807) is 0 Å². The summed E-state index contributed by atoms with van der Waals surface area (Å²) < 4.78 is 5.56. The fourth-order valence-corrected chi connectivity index (χ4v) is 2.56. The van der Waals surface area contributed by atoms with Crippen LogP contribution < -0.4 is 15.8 Å². The molecule has 0 heterocycles. The van der Waals surface area contributed by atoms with Gasteiger partial charge in [0.05, 0.1) is 6.61 Å². The topological polar surface area (TPSA) is 64.3 Å². The van der Waals surface area contributed by atoms with Crippen LogP contribution >= 0.6 is 0 Å². The van der Waals surface area contributed by atoms with Gasteiger partial charge in [0.1, 0.15) is 5.75 Å². The van der Waals surface area contributed by atoms with Gasteiger partial charge >= 0.3 is 0 Å². The van der Waals surface area contributed by atoms with Crippen LogP contribution in [0.2, 0.25) is 0 Å². The molecule has 110 valence electrons. The summed E-state index contributed by atoms with van der Waals surface area (Å²) in [5, 5.41) is 2.94. The minimum Gasteiger partial charge on any atom is -0.494 e. The lowest BCUT2D eigenvalue weighted by atomic mass is 9.66. The third-order valence-electron chi connectivity index (χ3n) is 3.97. The van der Waals surface area contributed by atoms with E-state index in [0.29, 0.717) is 19.6 Å². The van der Waals surface area contributed by atoms with E-state index < -0.39 is 0 Å². The summed E-state index contributed by atoms with van der Waals surface area (Å²) in [7, 11) is 0. The Kier molecular flexibility index (Phi) is 5.01. The second-order valence-corrected chi connectivity index (χ2v) is 5.66. The molecule has 20 heavy (non-hydrogen) atoms. The van der Waals surface area contributed by atoms with Crippen molar-refractivity contribution in [1.29, 1.82) is 0 Å². The van der Waals surface area contributed by atoms with Crippen LogP contribution in [0.5, 0.6) is 5.75 Å². The summed E-state index contributed by atoms with van der Waals surface area (Å²) in [6.45, 7) is 3.35. The monoisotopic (exact) mass is 276 g/mol. The number of benzene rings is 1. The molecule has 1 aromatic rings. The molecule has 4 heteroatoms. The summed E-state index contributed by atoms with van der Waals surface area (Å²) in [5.74, 6) is 0.838. The number of anilines is 1. The van der Waals surface area contributed by atoms with Gasteiger partial charge in [0, 0.05) is 18.2 Å². The van der Waals surface area contributed by atoms with Crippen LogP contribution in [-0.4, -0.2) is 19.1 Å². The van der Waals surface area contributed by atoms with E-state index in [2.05, 4.69) is 12.2 Å². The summed E-state index contributed by atoms with van der Waals surface area (Å²) in [4.78, 5) is 12.1. The molecule has 0 saturated heterocycles. The average Bonchev–Trinajstić information content (AvgIpc) is 2.41. The highest BCUT2D eigenvalue weighted by molar-refractivity contribution is 5.91. The Morgan fingerprint density at radius 1 is 1.45 bits per heavy atom. The first-order valence-electron chi connectivity index (χ1n) is 7.40. The molecule has 0 bridgehead atoms. The van der Waals surface area contributed by atoms with Crippen molar-refractivity contribution in [2.45, 2.75) is 39.0 Å². The lowest BCUT2D eigenvalue weighted by molar-refractivity contribution is -0.119. The Bertz CT molecular complexity index is 450. The number of hydrogen-bond acceptors (Lipinski definition) is 3. The van der Waals surface area contributed by atoms with Gasteiger partial charge in [-0.2, -0.15) is 0 Å². The van der Waals surface area contributed by atoms with Crippen molar-refractivity contribution in [3.8, 4) is 5.75 Å². The highest BCUT2D eigenvalue weighted by Crippen LogP contribution is 2.43. The number of rotatable bonds is 7. The first kappa shape index (κ1) is 14.9.